The van der Waals surface area contributed by atoms with Crippen molar-refractivity contribution in [2.75, 3.05) is 0 Å². The van der Waals surface area contributed by atoms with E-state index in [0.29, 0.717) is 36.2 Å². The monoisotopic (exact) mass is 254 g/mol. The molecule has 0 spiro atoms. The molecule has 3 aliphatic carbocycles. The molecule has 0 radical (unpaired) electrons. The van der Waals surface area contributed by atoms with Gasteiger partial charge in [0, 0.05) is 25.7 Å². The van der Waals surface area contributed by atoms with E-state index in [1.807, 2.05) is 0 Å². The number of rotatable bonds is 0. The van der Waals surface area contributed by atoms with Crippen LogP contribution in [0.1, 0.15) is 53.9 Å². The van der Waals surface area contributed by atoms with Gasteiger partial charge in [-0.05, 0) is 53.4 Å². The van der Waals surface area contributed by atoms with Crippen molar-refractivity contribution in [1.29, 1.82) is 0 Å². The first-order valence-corrected chi connectivity index (χ1v) is 7.39. The number of carbonyl (C=O) groups is 2. The van der Waals surface area contributed by atoms with Crippen LogP contribution in [0.4, 0.5) is 0 Å². The number of fused-ring (bicyclic) bond motifs is 5. The standard InChI is InChI=1S/C17H18O2/c18-12-3-6-14-10(7-12)1-5-16-15(14)4-2-11-8-13(19)9-17(11)16/h1,5,11,17H,2-4,6-9H2. The molecule has 1 saturated carbocycles. The number of ketones is 2. The molecule has 0 bridgehead atoms. The topological polar surface area (TPSA) is 34.1 Å². The Bertz CT molecular complexity index is 585. The van der Waals surface area contributed by atoms with Crippen molar-refractivity contribution in [3.8, 4) is 0 Å². The molecule has 0 amide bonds. The van der Waals surface area contributed by atoms with E-state index in [0.717, 1.165) is 32.1 Å². The van der Waals surface area contributed by atoms with E-state index in [1.54, 1.807) is 0 Å². The van der Waals surface area contributed by atoms with Crippen molar-refractivity contribution in [3.05, 3.63) is 34.4 Å². The number of hydrogen-bond donors (Lipinski definition) is 0. The summed E-state index contributed by atoms with van der Waals surface area (Å²) in [6, 6.07) is 4.36. The zero-order valence-corrected chi connectivity index (χ0v) is 11.1. The van der Waals surface area contributed by atoms with E-state index in [-0.39, 0.29) is 0 Å². The second kappa shape index (κ2) is 4.03. The van der Waals surface area contributed by atoms with Gasteiger partial charge in [-0.1, -0.05) is 12.1 Å². The van der Waals surface area contributed by atoms with Gasteiger partial charge in [0.15, 0.2) is 0 Å². The summed E-state index contributed by atoms with van der Waals surface area (Å²) in [5.74, 6) is 1.87. The lowest BCUT2D eigenvalue weighted by atomic mass is 9.73. The molecule has 2 atom stereocenters. The Hall–Kier alpha value is -1.44. The van der Waals surface area contributed by atoms with Crippen LogP contribution >= 0.6 is 0 Å². The van der Waals surface area contributed by atoms with Crippen LogP contribution in [0.25, 0.3) is 0 Å². The Labute approximate surface area is 113 Å². The molecule has 4 rings (SSSR count). The van der Waals surface area contributed by atoms with Gasteiger partial charge in [-0.2, -0.15) is 0 Å². The summed E-state index contributed by atoms with van der Waals surface area (Å²) >= 11 is 0. The molecule has 3 aliphatic rings. The Balaban J connectivity index is 1.81. The molecule has 0 N–H and O–H groups in total. The van der Waals surface area contributed by atoms with E-state index in [2.05, 4.69) is 12.1 Å². The zero-order chi connectivity index (χ0) is 13.0. The summed E-state index contributed by atoms with van der Waals surface area (Å²) in [4.78, 5) is 23.3. The average Bonchev–Trinajstić information content (AvgIpc) is 2.78. The van der Waals surface area contributed by atoms with Gasteiger partial charge in [0.1, 0.15) is 11.6 Å². The van der Waals surface area contributed by atoms with Crippen LogP contribution in [0.5, 0.6) is 0 Å². The summed E-state index contributed by atoms with van der Waals surface area (Å²) in [5, 5.41) is 0. The van der Waals surface area contributed by atoms with Crippen LogP contribution in [-0.2, 0) is 28.9 Å². The third-order valence-electron chi connectivity index (χ3n) is 5.28. The van der Waals surface area contributed by atoms with Gasteiger partial charge in [0.25, 0.3) is 0 Å². The number of Topliss-reactive ketones (excluding diaryl/α,β-unsaturated/α-hetero) is 2. The fourth-order valence-electron chi connectivity index (χ4n) is 4.37. The molecule has 98 valence electrons. The molecule has 2 nitrogen and oxygen atoms in total. The van der Waals surface area contributed by atoms with Crippen molar-refractivity contribution in [2.24, 2.45) is 5.92 Å². The molecule has 0 heterocycles. The summed E-state index contributed by atoms with van der Waals surface area (Å²) < 4.78 is 0. The molecule has 1 aromatic rings. The molecule has 1 aromatic carbocycles. The smallest absolute Gasteiger partial charge is 0.137 e. The fraction of sp³-hybridized carbons (Fsp3) is 0.529. The van der Waals surface area contributed by atoms with E-state index in [9.17, 15) is 9.59 Å². The van der Waals surface area contributed by atoms with Crippen LogP contribution in [0, 0.1) is 5.92 Å². The number of carbonyl (C=O) groups excluding carboxylic acids is 2. The molecule has 0 aliphatic heterocycles. The Kier molecular flexibility index (Phi) is 2.41. The maximum absolute atomic E-state index is 11.7. The van der Waals surface area contributed by atoms with Crippen molar-refractivity contribution in [3.63, 3.8) is 0 Å². The van der Waals surface area contributed by atoms with Gasteiger partial charge < -0.3 is 0 Å². The van der Waals surface area contributed by atoms with Gasteiger partial charge in [-0.15, -0.1) is 0 Å². The predicted molar refractivity (Wildman–Crippen MR) is 72.3 cm³/mol. The molecular weight excluding hydrogens is 236 g/mol. The third-order valence-corrected chi connectivity index (χ3v) is 5.28. The highest BCUT2D eigenvalue weighted by Gasteiger charge is 2.38. The minimum absolute atomic E-state index is 0.372. The second-order valence-corrected chi connectivity index (χ2v) is 6.34. The summed E-state index contributed by atoms with van der Waals surface area (Å²) in [6.07, 6.45) is 6.05. The Morgan fingerprint density at radius 2 is 1.79 bits per heavy atom. The number of hydrogen-bond acceptors (Lipinski definition) is 2. The molecular formula is C17H18O2. The SMILES string of the molecule is O=C1CCc2c(ccc3c2CCC2CC(=O)CC32)C1. The number of benzene rings is 1. The second-order valence-electron chi connectivity index (χ2n) is 6.34. The molecule has 2 unspecified atom stereocenters. The molecule has 0 saturated heterocycles. The summed E-state index contributed by atoms with van der Waals surface area (Å²) in [5.41, 5.74) is 5.60. The van der Waals surface area contributed by atoms with Crippen LogP contribution in [0.3, 0.4) is 0 Å². The molecule has 0 aromatic heterocycles. The van der Waals surface area contributed by atoms with Gasteiger partial charge in [-0.25, -0.2) is 0 Å². The zero-order valence-electron chi connectivity index (χ0n) is 11.1. The lowest BCUT2D eigenvalue weighted by Crippen LogP contribution is -2.22. The summed E-state index contributed by atoms with van der Waals surface area (Å²) in [6.45, 7) is 0. The highest BCUT2D eigenvalue weighted by atomic mass is 16.1. The Morgan fingerprint density at radius 1 is 0.895 bits per heavy atom. The van der Waals surface area contributed by atoms with E-state index in [1.165, 1.54) is 22.3 Å². The fourth-order valence-corrected chi connectivity index (χ4v) is 4.37. The van der Waals surface area contributed by atoms with Gasteiger partial charge in [0.2, 0.25) is 0 Å². The summed E-state index contributed by atoms with van der Waals surface area (Å²) in [7, 11) is 0. The van der Waals surface area contributed by atoms with Gasteiger partial charge in [0.05, 0.1) is 0 Å². The highest BCUT2D eigenvalue weighted by molar-refractivity contribution is 5.84. The van der Waals surface area contributed by atoms with Crippen LogP contribution < -0.4 is 0 Å². The third kappa shape index (κ3) is 1.69. The molecule has 19 heavy (non-hydrogen) atoms. The maximum Gasteiger partial charge on any atom is 0.137 e. The van der Waals surface area contributed by atoms with Crippen molar-refractivity contribution >= 4 is 11.6 Å². The highest BCUT2D eigenvalue weighted by Crippen LogP contribution is 2.47. The molecule has 2 heteroatoms. The minimum Gasteiger partial charge on any atom is -0.300 e. The van der Waals surface area contributed by atoms with Crippen molar-refractivity contribution < 1.29 is 9.59 Å². The van der Waals surface area contributed by atoms with E-state index < -0.39 is 0 Å². The first kappa shape index (κ1) is 11.4. The first-order valence-electron chi connectivity index (χ1n) is 7.39. The lowest BCUT2D eigenvalue weighted by Gasteiger charge is -2.31. The minimum atomic E-state index is 0.372. The quantitative estimate of drug-likeness (QED) is 0.713. The van der Waals surface area contributed by atoms with Crippen molar-refractivity contribution in [2.45, 2.75) is 50.9 Å². The van der Waals surface area contributed by atoms with E-state index in [4.69, 9.17) is 0 Å². The van der Waals surface area contributed by atoms with Crippen LogP contribution in [0.2, 0.25) is 0 Å². The van der Waals surface area contributed by atoms with Gasteiger partial charge >= 0.3 is 0 Å². The predicted octanol–water partition coefficient (Wildman–Crippen LogP) is 2.75. The van der Waals surface area contributed by atoms with Gasteiger partial charge in [-0.3, -0.25) is 9.59 Å². The average molecular weight is 254 g/mol. The van der Waals surface area contributed by atoms with Crippen LogP contribution in [-0.4, -0.2) is 11.6 Å². The van der Waals surface area contributed by atoms with Crippen LogP contribution in [0.15, 0.2) is 12.1 Å². The van der Waals surface area contributed by atoms with E-state index >= 15 is 0 Å². The first-order chi connectivity index (χ1) is 9.22. The normalized spacial score (nSPS) is 28.8. The Morgan fingerprint density at radius 3 is 2.68 bits per heavy atom. The van der Waals surface area contributed by atoms with Crippen molar-refractivity contribution in [1.82, 2.24) is 0 Å². The lowest BCUT2D eigenvalue weighted by molar-refractivity contribution is -0.119. The maximum atomic E-state index is 11.7. The largest absolute Gasteiger partial charge is 0.300 e. The molecule has 1 fully saturated rings.